The molecule has 30 heavy (non-hydrogen) atoms. The largest absolute Gasteiger partial charge is 0.337 e. The molecule has 0 aromatic heterocycles. The van der Waals surface area contributed by atoms with Gasteiger partial charge in [-0.2, -0.15) is 0 Å². The Morgan fingerprint density at radius 2 is 1.60 bits per heavy atom. The predicted octanol–water partition coefficient (Wildman–Crippen LogP) is 6.16. The van der Waals surface area contributed by atoms with E-state index in [0.29, 0.717) is 12.0 Å². The standard InChI is InChI=1S/C27H29FN2/c28-22-15-13-21(14-16-22)8-6-7-18-29-19-17-27-25(20-29)24-11-4-5-12-26(24)30(27)23-9-2-1-3-10-23/h1-5,9-16,25,27H,6-8,17-20H2/t25-,27+/m0/s1. The van der Waals surface area contributed by atoms with E-state index in [2.05, 4.69) is 64.4 Å². The van der Waals surface area contributed by atoms with Crippen LogP contribution in [0.3, 0.4) is 0 Å². The van der Waals surface area contributed by atoms with E-state index in [1.807, 2.05) is 12.1 Å². The molecule has 0 saturated carbocycles. The van der Waals surface area contributed by atoms with Crippen molar-refractivity contribution >= 4 is 11.4 Å². The number of hydrogen-bond donors (Lipinski definition) is 0. The Labute approximate surface area is 179 Å². The van der Waals surface area contributed by atoms with Gasteiger partial charge in [-0.25, -0.2) is 4.39 Å². The van der Waals surface area contributed by atoms with Crippen LogP contribution in [0.5, 0.6) is 0 Å². The van der Waals surface area contributed by atoms with Crippen molar-refractivity contribution in [1.29, 1.82) is 0 Å². The van der Waals surface area contributed by atoms with E-state index in [9.17, 15) is 4.39 Å². The number of halogens is 1. The molecule has 0 aliphatic carbocycles. The Morgan fingerprint density at radius 3 is 2.43 bits per heavy atom. The smallest absolute Gasteiger partial charge is 0.123 e. The van der Waals surface area contributed by atoms with Crippen LogP contribution in [0.4, 0.5) is 15.8 Å². The molecule has 2 atom stereocenters. The number of likely N-dealkylation sites (tertiary alicyclic amines) is 1. The SMILES string of the molecule is Fc1ccc(CCCCN2CC[C@@H]3[C@@H](C2)c2ccccc2N3c2ccccc2)cc1. The van der Waals surface area contributed by atoms with E-state index in [0.717, 1.165) is 32.5 Å². The lowest BCUT2D eigenvalue weighted by Gasteiger charge is -2.39. The lowest BCUT2D eigenvalue weighted by Crippen LogP contribution is -2.45. The molecule has 1 fully saturated rings. The number of fused-ring (bicyclic) bond motifs is 3. The number of aryl methyl sites for hydroxylation is 1. The van der Waals surface area contributed by atoms with Crippen LogP contribution in [-0.2, 0) is 6.42 Å². The third kappa shape index (κ3) is 3.87. The molecule has 0 bridgehead atoms. The molecular weight excluding hydrogens is 371 g/mol. The fraction of sp³-hybridized carbons (Fsp3) is 0.333. The number of piperidine rings is 1. The highest BCUT2D eigenvalue weighted by atomic mass is 19.1. The lowest BCUT2D eigenvalue weighted by molar-refractivity contribution is 0.193. The first-order valence-corrected chi connectivity index (χ1v) is 11.2. The number of nitrogens with zero attached hydrogens (tertiary/aromatic N) is 2. The number of hydrogen-bond acceptors (Lipinski definition) is 2. The van der Waals surface area contributed by atoms with Crippen molar-refractivity contribution in [3.05, 3.63) is 95.8 Å². The van der Waals surface area contributed by atoms with Crippen LogP contribution in [0, 0.1) is 5.82 Å². The highest BCUT2D eigenvalue weighted by Gasteiger charge is 2.42. The number of rotatable bonds is 6. The van der Waals surface area contributed by atoms with Crippen molar-refractivity contribution in [2.45, 2.75) is 37.6 Å². The minimum Gasteiger partial charge on any atom is -0.337 e. The predicted molar refractivity (Wildman–Crippen MR) is 122 cm³/mol. The highest BCUT2D eigenvalue weighted by molar-refractivity contribution is 5.72. The van der Waals surface area contributed by atoms with Gasteiger partial charge >= 0.3 is 0 Å². The van der Waals surface area contributed by atoms with Gasteiger partial charge in [0.2, 0.25) is 0 Å². The van der Waals surface area contributed by atoms with E-state index >= 15 is 0 Å². The van der Waals surface area contributed by atoms with Crippen molar-refractivity contribution in [2.24, 2.45) is 0 Å². The van der Waals surface area contributed by atoms with Gasteiger partial charge in [-0.3, -0.25) is 0 Å². The summed E-state index contributed by atoms with van der Waals surface area (Å²) in [4.78, 5) is 5.23. The summed E-state index contributed by atoms with van der Waals surface area (Å²) in [6.45, 7) is 3.45. The molecule has 3 aromatic rings. The molecule has 0 N–H and O–H groups in total. The number of benzene rings is 3. The van der Waals surface area contributed by atoms with Gasteiger partial charge in [-0.05, 0) is 73.7 Å². The molecule has 0 spiro atoms. The van der Waals surface area contributed by atoms with Gasteiger partial charge < -0.3 is 9.80 Å². The summed E-state index contributed by atoms with van der Waals surface area (Å²) < 4.78 is 13.1. The minimum absolute atomic E-state index is 0.150. The van der Waals surface area contributed by atoms with Gasteiger partial charge in [0.1, 0.15) is 5.82 Å². The number of anilines is 2. The van der Waals surface area contributed by atoms with Gasteiger partial charge in [-0.15, -0.1) is 0 Å². The van der Waals surface area contributed by atoms with E-state index < -0.39 is 0 Å². The molecule has 2 aliphatic rings. The molecule has 3 aromatic carbocycles. The van der Waals surface area contributed by atoms with Crippen molar-refractivity contribution < 1.29 is 4.39 Å². The maximum absolute atomic E-state index is 13.1. The van der Waals surface area contributed by atoms with Crippen molar-refractivity contribution in [3.63, 3.8) is 0 Å². The third-order valence-electron chi connectivity index (χ3n) is 6.73. The van der Waals surface area contributed by atoms with Gasteiger partial charge in [0.15, 0.2) is 0 Å². The first-order valence-electron chi connectivity index (χ1n) is 11.2. The zero-order chi connectivity index (χ0) is 20.3. The second-order valence-corrected chi connectivity index (χ2v) is 8.61. The Morgan fingerprint density at radius 1 is 0.833 bits per heavy atom. The van der Waals surface area contributed by atoms with Crippen molar-refractivity contribution in [2.75, 3.05) is 24.5 Å². The number of para-hydroxylation sites is 2. The van der Waals surface area contributed by atoms with Crippen LogP contribution >= 0.6 is 0 Å². The summed E-state index contributed by atoms with van der Waals surface area (Å²) in [6, 6.07) is 27.3. The van der Waals surface area contributed by atoms with Crippen LogP contribution in [-0.4, -0.2) is 30.6 Å². The Kier molecular flexibility index (Phi) is 5.54. The van der Waals surface area contributed by atoms with E-state index in [1.165, 1.54) is 35.3 Å². The summed E-state index contributed by atoms with van der Waals surface area (Å²) in [5, 5.41) is 0. The first kappa shape index (κ1) is 19.3. The molecule has 2 nitrogen and oxygen atoms in total. The third-order valence-corrected chi connectivity index (χ3v) is 6.73. The maximum atomic E-state index is 13.1. The van der Waals surface area contributed by atoms with E-state index in [1.54, 1.807) is 12.1 Å². The van der Waals surface area contributed by atoms with E-state index in [-0.39, 0.29) is 5.82 Å². The highest BCUT2D eigenvalue weighted by Crippen LogP contribution is 2.48. The molecule has 1 saturated heterocycles. The average Bonchev–Trinajstić information content (AvgIpc) is 3.12. The molecule has 5 rings (SSSR count). The molecule has 154 valence electrons. The lowest BCUT2D eigenvalue weighted by atomic mass is 9.89. The fourth-order valence-electron chi connectivity index (χ4n) is 5.26. The molecule has 2 heterocycles. The van der Waals surface area contributed by atoms with Crippen LogP contribution in [0.2, 0.25) is 0 Å². The normalized spacial score (nSPS) is 20.8. The van der Waals surface area contributed by atoms with Gasteiger partial charge in [-0.1, -0.05) is 48.5 Å². The van der Waals surface area contributed by atoms with Crippen LogP contribution in [0.15, 0.2) is 78.9 Å². The van der Waals surface area contributed by atoms with Crippen molar-refractivity contribution in [3.8, 4) is 0 Å². The first-order chi connectivity index (χ1) is 14.8. The monoisotopic (exact) mass is 400 g/mol. The molecule has 0 radical (unpaired) electrons. The van der Waals surface area contributed by atoms with E-state index in [4.69, 9.17) is 0 Å². The minimum atomic E-state index is -0.150. The van der Waals surface area contributed by atoms with Gasteiger partial charge in [0, 0.05) is 36.4 Å². The van der Waals surface area contributed by atoms with Gasteiger partial charge in [0.05, 0.1) is 0 Å². The zero-order valence-corrected chi connectivity index (χ0v) is 17.4. The second kappa shape index (κ2) is 8.61. The molecule has 0 unspecified atom stereocenters. The summed E-state index contributed by atoms with van der Waals surface area (Å²) in [7, 11) is 0. The van der Waals surface area contributed by atoms with Crippen molar-refractivity contribution in [1.82, 2.24) is 4.90 Å². The van der Waals surface area contributed by atoms with Crippen LogP contribution in [0.25, 0.3) is 0 Å². The summed E-state index contributed by atoms with van der Waals surface area (Å²) in [5.74, 6) is 0.426. The molecule has 2 aliphatic heterocycles. The quantitative estimate of drug-likeness (QED) is 0.457. The topological polar surface area (TPSA) is 6.48 Å². The Hall–Kier alpha value is -2.65. The Balaban J connectivity index is 1.22. The number of unbranched alkanes of at least 4 members (excludes halogenated alkanes) is 1. The molecular formula is C27H29FN2. The summed E-state index contributed by atoms with van der Waals surface area (Å²) in [5.41, 5.74) is 5.43. The molecule has 0 amide bonds. The van der Waals surface area contributed by atoms with Gasteiger partial charge in [0.25, 0.3) is 0 Å². The Bertz CT molecular complexity index is 970. The van der Waals surface area contributed by atoms with Crippen LogP contribution < -0.4 is 4.90 Å². The summed E-state index contributed by atoms with van der Waals surface area (Å²) >= 11 is 0. The molecule has 3 heteroatoms. The maximum Gasteiger partial charge on any atom is 0.123 e. The zero-order valence-electron chi connectivity index (χ0n) is 17.4. The average molecular weight is 401 g/mol. The summed E-state index contributed by atoms with van der Waals surface area (Å²) in [6.07, 6.45) is 4.58. The van der Waals surface area contributed by atoms with Crippen LogP contribution in [0.1, 0.15) is 36.3 Å². The fourth-order valence-corrected chi connectivity index (χ4v) is 5.26. The second-order valence-electron chi connectivity index (χ2n) is 8.61.